The molecular formula is C17H12ClN3O4. The van der Waals surface area contributed by atoms with Crippen molar-refractivity contribution >= 4 is 23.5 Å². The van der Waals surface area contributed by atoms with Gasteiger partial charge in [-0.2, -0.15) is 0 Å². The molecular weight excluding hydrogens is 346 g/mol. The highest BCUT2D eigenvalue weighted by Crippen LogP contribution is 2.22. The number of oxazole rings is 1. The number of nitrogens with zero attached hydrogens (tertiary/aromatic N) is 3. The van der Waals surface area contributed by atoms with Gasteiger partial charge in [0.25, 0.3) is 5.69 Å². The topological polar surface area (TPSA) is 90.8 Å². The molecule has 0 saturated carbocycles. The number of halogens is 1. The zero-order valence-electron chi connectivity index (χ0n) is 12.8. The Morgan fingerprint density at radius 3 is 2.92 bits per heavy atom. The smallest absolute Gasteiger partial charge is 0.270 e. The molecule has 0 radical (unpaired) electrons. The predicted molar refractivity (Wildman–Crippen MR) is 92.4 cm³/mol. The number of rotatable bonds is 6. The van der Waals surface area contributed by atoms with Gasteiger partial charge in [-0.25, -0.2) is 4.98 Å². The van der Waals surface area contributed by atoms with Crippen LogP contribution in [0.2, 0.25) is 5.02 Å². The van der Waals surface area contributed by atoms with E-state index in [1.165, 1.54) is 24.6 Å². The molecule has 0 bridgehead atoms. The van der Waals surface area contributed by atoms with Gasteiger partial charge in [-0.15, -0.1) is 0 Å². The van der Waals surface area contributed by atoms with Crippen molar-refractivity contribution in [2.75, 3.05) is 0 Å². The first kappa shape index (κ1) is 16.7. The Hall–Kier alpha value is -3.19. The molecule has 25 heavy (non-hydrogen) atoms. The van der Waals surface area contributed by atoms with E-state index in [4.69, 9.17) is 20.9 Å². The lowest BCUT2D eigenvalue weighted by Gasteiger charge is -1.96. The summed E-state index contributed by atoms with van der Waals surface area (Å²) in [7, 11) is 0. The number of aromatic nitrogens is 1. The van der Waals surface area contributed by atoms with Crippen LogP contribution in [0.3, 0.4) is 0 Å². The lowest BCUT2D eigenvalue weighted by atomic mass is 10.2. The molecule has 0 aliphatic rings. The molecule has 0 atom stereocenters. The highest BCUT2D eigenvalue weighted by Gasteiger charge is 2.07. The minimum Gasteiger partial charge on any atom is -0.444 e. The fourth-order valence-electron chi connectivity index (χ4n) is 2.05. The van der Waals surface area contributed by atoms with Crippen molar-refractivity contribution in [1.82, 2.24) is 4.98 Å². The molecule has 7 nitrogen and oxygen atoms in total. The van der Waals surface area contributed by atoms with Crippen LogP contribution in [0.25, 0.3) is 11.5 Å². The van der Waals surface area contributed by atoms with Crippen LogP contribution in [0.15, 0.2) is 64.4 Å². The van der Waals surface area contributed by atoms with Gasteiger partial charge in [0.15, 0.2) is 6.61 Å². The van der Waals surface area contributed by atoms with Crippen molar-refractivity contribution in [2.45, 2.75) is 6.61 Å². The van der Waals surface area contributed by atoms with E-state index < -0.39 is 4.92 Å². The molecule has 0 aliphatic heterocycles. The first-order valence-electron chi connectivity index (χ1n) is 7.22. The third-order valence-electron chi connectivity index (χ3n) is 3.19. The molecule has 126 valence electrons. The number of hydrogen-bond donors (Lipinski definition) is 0. The number of nitro benzene ring substituents is 1. The van der Waals surface area contributed by atoms with Crippen molar-refractivity contribution < 1.29 is 14.2 Å². The van der Waals surface area contributed by atoms with E-state index in [1.807, 2.05) is 6.07 Å². The molecule has 8 heteroatoms. The van der Waals surface area contributed by atoms with Crippen LogP contribution in [0, 0.1) is 10.1 Å². The third-order valence-corrected chi connectivity index (χ3v) is 3.43. The first-order chi connectivity index (χ1) is 12.1. The number of non-ortho nitro benzene ring substituents is 1. The van der Waals surface area contributed by atoms with Crippen molar-refractivity contribution in [1.29, 1.82) is 0 Å². The van der Waals surface area contributed by atoms with E-state index in [2.05, 4.69) is 10.1 Å². The summed E-state index contributed by atoms with van der Waals surface area (Å²) in [6.07, 6.45) is 2.87. The van der Waals surface area contributed by atoms with Gasteiger partial charge in [0, 0.05) is 28.3 Å². The lowest BCUT2D eigenvalue weighted by Crippen LogP contribution is -1.91. The summed E-state index contributed by atoms with van der Waals surface area (Å²) in [4.78, 5) is 19.7. The molecule has 0 fully saturated rings. The number of oxime groups is 1. The molecule has 1 heterocycles. The summed E-state index contributed by atoms with van der Waals surface area (Å²) in [6.45, 7) is 0.107. The molecule has 0 unspecified atom stereocenters. The SMILES string of the molecule is O=[N+]([O-])c1cccc(/C=N/OCc2coc(-c3cccc(Cl)c3)n2)c1. The second-order valence-electron chi connectivity index (χ2n) is 5.01. The minimum atomic E-state index is -0.467. The normalized spacial score (nSPS) is 10.9. The lowest BCUT2D eigenvalue weighted by molar-refractivity contribution is -0.384. The van der Waals surface area contributed by atoms with Gasteiger partial charge in [0.05, 0.1) is 11.1 Å². The summed E-state index contributed by atoms with van der Waals surface area (Å²) in [5, 5.41) is 15.1. The van der Waals surface area contributed by atoms with Crippen LogP contribution in [0.5, 0.6) is 0 Å². The molecule has 0 amide bonds. The van der Waals surface area contributed by atoms with Gasteiger partial charge < -0.3 is 9.25 Å². The zero-order valence-corrected chi connectivity index (χ0v) is 13.6. The Morgan fingerprint density at radius 1 is 1.28 bits per heavy atom. The van der Waals surface area contributed by atoms with E-state index in [0.717, 1.165) is 5.56 Å². The summed E-state index contributed by atoms with van der Waals surface area (Å²) >= 11 is 5.94. The van der Waals surface area contributed by atoms with Crippen LogP contribution in [-0.4, -0.2) is 16.1 Å². The molecule has 0 aliphatic carbocycles. The van der Waals surface area contributed by atoms with Gasteiger partial charge >= 0.3 is 0 Å². The van der Waals surface area contributed by atoms with Gasteiger partial charge in [-0.3, -0.25) is 10.1 Å². The van der Waals surface area contributed by atoms with Crippen LogP contribution in [0.1, 0.15) is 11.3 Å². The first-order valence-corrected chi connectivity index (χ1v) is 7.60. The Balaban J connectivity index is 1.59. The molecule has 0 saturated heterocycles. The second-order valence-corrected chi connectivity index (χ2v) is 5.45. The fourth-order valence-corrected chi connectivity index (χ4v) is 2.24. The minimum absolute atomic E-state index is 0.00776. The van der Waals surface area contributed by atoms with Gasteiger partial charge in [0.1, 0.15) is 12.0 Å². The van der Waals surface area contributed by atoms with Gasteiger partial charge in [0.2, 0.25) is 5.89 Å². The van der Waals surface area contributed by atoms with Crippen molar-refractivity contribution in [3.63, 3.8) is 0 Å². The van der Waals surface area contributed by atoms with Crippen LogP contribution in [-0.2, 0) is 11.4 Å². The Morgan fingerprint density at radius 2 is 2.12 bits per heavy atom. The average Bonchev–Trinajstić information content (AvgIpc) is 3.08. The molecule has 2 aromatic carbocycles. The Labute approximate surface area is 147 Å². The highest BCUT2D eigenvalue weighted by atomic mass is 35.5. The monoisotopic (exact) mass is 357 g/mol. The Bertz CT molecular complexity index is 924. The largest absolute Gasteiger partial charge is 0.444 e. The quantitative estimate of drug-likeness (QED) is 0.369. The van der Waals surface area contributed by atoms with E-state index in [-0.39, 0.29) is 12.3 Å². The summed E-state index contributed by atoms with van der Waals surface area (Å²) in [5.41, 5.74) is 1.88. The van der Waals surface area contributed by atoms with E-state index in [9.17, 15) is 10.1 Å². The third kappa shape index (κ3) is 4.42. The molecule has 1 aromatic heterocycles. The van der Waals surface area contributed by atoms with Crippen LogP contribution in [0.4, 0.5) is 5.69 Å². The number of hydrogen-bond acceptors (Lipinski definition) is 6. The van der Waals surface area contributed by atoms with Crippen molar-refractivity contribution in [3.8, 4) is 11.5 Å². The Kier molecular flexibility index (Phi) is 5.06. The van der Waals surface area contributed by atoms with E-state index in [1.54, 1.807) is 30.3 Å². The predicted octanol–water partition coefficient (Wildman–Crippen LogP) is 4.45. The van der Waals surface area contributed by atoms with E-state index >= 15 is 0 Å². The van der Waals surface area contributed by atoms with Crippen LogP contribution >= 0.6 is 11.6 Å². The van der Waals surface area contributed by atoms with Gasteiger partial charge in [-0.1, -0.05) is 35.0 Å². The van der Waals surface area contributed by atoms with Crippen molar-refractivity contribution in [2.24, 2.45) is 5.16 Å². The maximum Gasteiger partial charge on any atom is 0.270 e. The maximum absolute atomic E-state index is 10.7. The average molecular weight is 358 g/mol. The maximum atomic E-state index is 10.7. The second kappa shape index (κ2) is 7.59. The summed E-state index contributed by atoms with van der Waals surface area (Å²) in [6, 6.07) is 13.2. The standard InChI is InChI=1S/C17H12ClN3O4/c18-14-5-2-4-13(8-14)17-20-15(10-24-17)11-25-19-9-12-3-1-6-16(7-12)21(22)23/h1-10H,11H2/b19-9+. The highest BCUT2D eigenvalue weighted by molar-refractivity contribution is 6.30. The molecule has 0 N–H and O–H groups in total. The molecule has 0 spiro atoms. The zero-order chi connectivity index (χ0) is 17.6. The number of benzene rings is 2. The molecule has 3 aromatic rings. The molecule has 3 rings (SSSR count). The fraction of sp³-hybridized carbons (Fsp3) is 0.0588. The van der Waals surface area contributed by atoms with E-state index in [0.29, 0.717) is 22.2 Å². The summed E-state index contributed by atoms with van der Waals surface area (Å²) < 4.78 is 5.39. The van der Waals surface area contributed by atoms with Gasteiger partial charge in [-0.05, 0) is 18.2 Å². The van der Waals surface area contributed by atoms with Crippen LogP contribution < -0.4 is 0 Å². The summed E-state index contributed by atoms with van der Waals surface area (Å²) in [5.74, 6) is 0.434. The number of nitro groups is 1. The van der Waals surface area contributed by atoms with Crippen molar-refractivity contribution in [3.05, 3.63) is 81.2 Å².